The quantitative estimate of drug-likeness (QED) is 0.604. The fourth-order valence-corrected chi connectivity index (χ4v) is 1.39. The average Bonchev–Trinajstić information content (AvgIpc) is 2.64. The van der Waals surface area contributed by atoms with Gasteiger partial charge in [0.2, 0.25) is 5.91 Å². The SMILES string of the molecule is O=C(O)CCNCC(=O)Nc1nccs1. The van der Waals surface area contributed by atoms with Crippen LogP contribution in [0.25, 0.3) is 0 Å². The molecule has 0 unspecified atom stereocenters. The van der Waals surface area contributed by atoms with E-state index in [9.17, 15) is 9.59 Å². The van der Waals surface area contributed by atoms with Crippen molar-refractivity contribution in [3.63, 3.8) is 0 Å². The van der Waals surface area contributed by atoms with Crippen LogP contribution in [0.5, 0.6) is 0 Å². The van der Waals surface area contributed by atoms with Crippen molar-refractivity contribution in [2.24, 2.45) is 0 Å². The van der Waals surface area contributed by atoms with E-state index in [-0.39, 0.29) is 25.4 Å². The topological polar surface area (TPSA) is 91.3 Å². The van der Waals surface area contributed by atoms with Crippen LogP contribution < -0.4 is 10.6 Å². The maximum Gasteiger partial charge on any atom is 0.304 e. The maximum atomic E-state index is 11.2. The number of carbonyl (C=O) groups is 2. The van der Waals surface area contributed by atoms with E-state index in [1.54, 1.807) is 11.6 Å². The first-order valence-corrected chi connectivity index (χ1v) is 5.18. The lowest BCUT2D eigenvalue weighted by molar-refractivity contribution is -0.137. The lowest BCUT2D eigenvalue weighted by Gasteiger charge is -2.02. The summed E-state index contributed by atoms with van der Waals surface area (Å²) in [6.07, 6.45) is 1.60. The Labute approximate surface area is 90.3 Å². The third kappa shape index (κ3) is 5.08. The molecule has 1 amide bonds. The second-order valence-corrected chi connectivity index (χ2v) is 3.60. The Balaban J connectivity index is 2.11. The Hall–Kier alpha value is -1.47. The van der Waals surface area contributed by atoms with Gasteiger partial charge in [-0.25, -0.2) is 4.98 Å². The van der Waals surface area contributed by atoms with Gasteiger partial charge in [-0.2, -0.15) is 0 Å². The summed E-state index contributed by atoms with van der Waals surface area (Å²) in [7, 11) is 0. The van der Waals surface area contributed by atoms with E-state index < -0.39 is 5.97 Å². The summed E-state index contributed by atoms with van der Waals surface area (Å²) in [4.78, 5) is 25.2. The molecule has 0 atom stereocenters. The van der Waals surface area contributed by atoms with Crippen LogP contribution in [0.4, 0.5) is 5.13 Å². The molecule has 82 valence electrons. The normalized spacial score (nSPS) is 9.87. The molecule has 3 N–H and O–H groups in total. The molecular formula is C8H11N3O3S. The highest BCUT2D eigenvalue weighted by Crippen LogP contribution is 2.09. The molecule has 0 aliphatic carbocycles. The van der Waals surface area contributed by atoms with Crippen LogP contribution in [0.2, 0.25) is 0 Å². The molecule has 1 aromatic heterocycles. The second-order valence-electron chi connectivity index (χ2n) is 2.71. The molecule has 0 saturated carbocycles. The fraction of sp³-hybridized carbons (Fsp3) is 0.375. The molecular weight excluding hydrogens is 218 g/mol. The summed E-state index contributed by atoms with van der Waals surface area (Å²) in [5, 5.41) is 15.9. The minimum Gasteiger partial charge on any atom is -0.481 e. The highest BCUT2D eigenvalue weighted by atomic mass is 32.1. The van der Waals surface area contributed by atoms with Crippen molar-refractivity contribution in [1.82, 2.24) is 10.3 Å². The number of thiazole rings is 1. The zero-order chi connectivity index (χ0) is 11.1. The Bertz CT molecular complexity index is 326. The summed E-state index contributed by atoms with van der Waals surface area (Å²) < 4.78 is 0. The fourth-order valence-electron chi connectivity index (χ4n) is 0.846. The van der Waals surface area contributed by atoms with Crippen LogP contribution in [0.15, 0.2) is 11.6 Å². The van der Waals surface area contributed by atoms with Crippen LogP contribution in [-0.4, -0.2) is 35.1 Å². The number of aliphatic carboxylic acids is 1. The number of aromatic nitrogens is 1. The summed E-state index contributed by atoms with van der Waals surface area (Å²) >= 11 is 1.33. The van der Waals surface area contributed by atoms with E-state index >= 15 is 0 Å². The number of rotatable bonds is 6. The molecule has 1 rings (SSSR count). The van der Waals surface area contributed by atoms with E-state index in [1.165, 1.54) is 11.3 Å². The van der Waals surface area contributed by atoms with E-state index in [4.69, 9.17) is 5.11 Å². The van der Waals surface area contributed by atoms with Crippen molar-refractivity contribution in [2.75, 3.05) is 18.4 Å². The van der Waals surface area contributed by atoms with E-state index in [0.717, 1.165) is 0 Å². The van der Waals surface area contributed by atoms with Crippen molar-refractivity contribution in [3.8, 4) is 0 Å². The lowest BCUT2D eigenvalue weighted by Crippen LogP contribution is -2.29. The van der Waals surface area contributed by atoms with Gasteiger partial charge in [-0.15, -0.1) is 11.3 Å². The molecule has 0 radical (unpaired) electrons. The van der Waals surface area contributed by atoms with Crippen molar-refractivity contribution < 1.29 is 14.7 Å². The standard InChI is InChI=1S/C8H11N3O3S/c12-6(5-9-2-1-7(13)14)11-8-10-3-4-15-8/h3-4,9H,1-2,5H2,(H,13,14)(H,10,11,12). The third-order valence-corrected chi connectivity index (χ3v) is 2.17. The van der Waals surface area contributed by atoms with Crippen LogP contribution in [0, 0.1) is 0 Å². The van der Waals surface area contributed by atoms with E-state index in [0.29, 0.717) is 5.13 Å². The van der Waals surface area contributed by atoms with Gasteiger partial charge in [0.05, 0.1) is 13.0 Å². The van der Waals surface area contributed by atoms with Gasteiger partial charge in [0.15, 0.2) is 5.13 Å². The summed E-state index contributed by atoms with van der Waals surface area (Å²) in [5.74, 6) is -1.11. The van der Waals surface area contributed by atoms with Gasteiger partial charge >= 0.3 is 5.97 Å². The molecule has 0 aliphatic rings. The number of hydrogen-bond donors (Lipinski definition) is 3. The number of hydrogen-bond acceptors (Lipinski definition) is 5. The Kier molecular flexibility index (Phi) is 4.72. The predicted molar refractivity (Wildman–Crippen MR) is 55.9 cm³/mol. The Morgan fingerprint density at radius 2 is 2.33 bits per heavy atom. The van der Waals surface area contributed by atoms with Gasteiger partial charge in [0, 0.05) is 18.1 Å². The molecule has 7 heteroatoms. The number of nitrogens with one attached hydrogen (secondary N) is 2. The molecule has 6 nitrogen and oxygen atoms in total. The highest BCUT2D eigenvalue weighted by Gasteiger charge is 2.03. The van der Waals surface area contributed by atoms with Crippen molar-refractivity contribution in [3.05, 3.63) is 11.6 Å². The van der Waals surface area contributed by atoms with Gasteiger partial charge < -0.3 is 15.7 Å². The summed E-state index contributed by atoms with van der Waals surface area (Å²) in [6.45, 7) is 0.369. The average molecular weight is 229 g/mol. The number of carboxylic acids is 1. The molecule has 15 heavy (non-hydrogen) atoms. The minimum atomic E-state index is -0.886. The van der Waals surface area contributed by atoms with Gasteiger partial charge in [-0.05, 0) is 0 Å². The van der Waals surface area contributed by atoms with Crippen molar-refractivity contribution in [1.29, 1.82) is 0 Å². The Morgan fingerprint density at radius 3 is 2.93 bits per heavy atom. The minimum absolute atomic E-state index is 0.00450. The predicted octanol–water partition coefficient (Wildman–Crippen LogP) is 0.146. The molecule has 1 aromatic rings. The maximum absolute atomic E-state index is 11.2. The molecule has 0 aliphatic heterocycles. The van der Waals surface area contributed by atoms with Crippen LogP contribution in [0.1, 0.15) is 6.42 Å². The monoisotopic (exact) mass is 229 g/mol. The van der Waals surface area contributed by atoms with Gasteiger partial charge in [0.25, 0.3) is 0 Å². The first-order valence-electron chi connectivity index (χ1n) is 4.30. The molecule has 0 bridgehead atoms. The van der Waals surface area contributed by atoms with Crippen LogP contribution in [0.3, 0.4) is 0 Å². The van der Waals surface area contributed by atoms with Crippen LogP contribution in [-0.2, 0) is 9.59 Å². The molecule has 0 saturated heterocycles. The zero-order valence-electron chi connectivity index (χ0n) is 7.90. The molecule has 1 heterocycles. The number of amides is 1. The number of anilines is 1. The summed E-state index contributed by atoms with van der Waals surface area (Å²) in [6, 6.07) is 0. The zero-order valence-corrected chi connectivity index (χ0v) is 8.71. The lowest BCUT2D eigenvalue weighted by atomic mass is 10.4. The smallest absolute Gasteiger partial charge is 0.304 e. The Morgan fingerprint density at radius 1 is 1.53 bits per heavy atom. The van der Waals surface area contributed by atoms with Crippen LogP contribution >= 0.6 is 11.3 Å². The number of nitrogens with zero attached hydrogens (tertiary/aromatic N) is 1. The molecule has 0 fully saturated rings. The number of carboxylic acid groups (broad SMARTS) is 1. The summed E-state index contributed by atoms with van der Waals surface area (Å²) in [5.41, 5.74) is 0. The molecule has 0 aromatic carbocycles. The van der Waals surface area contributed by atoms with E-state index in [1.807, 2.05) is 0 Å². The van der Waals surface area contributed by atoms with Crippen molar-refractivity contribution >= 4 is 28.3 Å². The first kappa shape index (κ1) is 11.6. The van der Waals surface area contributed by atoms with Crippen molar-refractivity contribution in [2.45, 2.75) is 6.42 Å². The van der Waals surface area contributed by atoms with Gasteiger partial charge in [0.1, 0.15) is 0 Å². The first-order chi connectivity index (χ1) is 7.18. The molecule has 0 spiro atoms. The van der Waals surface area contributed by atoms with E-state index in [2.05, 4.69) is 15.6 Å². The largest absolute Gasteiger partial charge is 0.481 e. The second kappa shape index (κ2) is 6.10. The van der Waals surface area contributed by atoms with Gasteiger partial charge in [-0.3, -0.25) is 9.59 Å². The third-order valence-electron chi connectivity index (χ3n) is 1.48. The van der Waals surface area contributed by atoms with Gasteiger partial charge in [-0.1, -0.05) is 0 Å². The highest BCUT2D eigenvalue weighted by molar-refractivity contribution is 7.13. The number of carbonyl (C=O) groups excluding carboxylic acids is 1.